The Balaban J connectivity index is 1.93. The second-order valence-corrected chi connectivity index (χ2v) is 6.10. The number of aromatic nitrogens is 1. The van der Waals surface area contributed by atoms with E-state index in [2.05, 4.69) is 4.98 Å². The van der Waals surface area contributed by atoms with Crippen LogP contribution >= 0.6 is 11.8 Å². The highest BCUT2D eigenvalue weighted by Crippen LogP contribution is 2.32. The predicted octanol–water partition coefficient (Wildman–Crippen LogP) is 2.85. The van der Waals surface area contributed by atoms with E-state index in [9.17, 15) is 14.0 Å². The quantitative estimate of drug-likeness (QED) is 0.629. The summed E-state index contributed by atoms with van der Waals surface area (Å²) in [5, 5.41) is 0.942. The van der Waals surface area contributed by atoms with Crippen LogP contribution in [0.15, 0.2) is 41.6 Å². The van der Waals surface area contributed by atoms with Crippen molar-refractivity contribution in [3.8, 4) is 0 Å². The van der Waals surface area contributed by atoms with Crippen LogP contribution in [0.5, 0.6) is 0 Å². The Morgan fingerprint density at radius 3 is 3.08 bits per heavy atom. The van der Waals surface area contributed by atoms with Crippen LogP contribution in [0.25, 0.3) is 10.9 Å². The Labute approximate surface area is 142 Å². The van der Waals surface area contributed by atoms with Gasteiger partial charge in [0.2, 0.25) is 5.91 Å². The highest BCUT2D eigenvalue weighted by atomic mass is 32.2. The molecule has 0 atom stereocenters. The number of hydrogen-bond acceptors (Lipinski definition) is 5. The Morgan fingerprint density at radius 2 is 2.29 bits per heavy atom. The predicted molar refractivity (Wildman–Crippen MR) is 89.4 cm³/mol. The summed E-state index contributed by atoms with van der Waals surface area (Å²) in [7, 11) is 0. The Kier molecular flexibility index (Phi) is 4.80. The molecule has 0 radical (unpaired) electrons. The number of thioether (sulfide) groups is 1. The smallest absolute Gasteiger partial charge is 0.333 e. The van der Waals surface area contributed by atoms with Gasteiger partial charge in [-0.3, -0.25) is 9.78 Å². The molecular weight excluding hydrogens is 331 g/mol. The van der Waals surface area contributed by atoms with Gasteiger partial charge in [-0.1, -0.05) is 17.8 Å². The van der Waals surface area contributed by atoms with Crippen molar-refractivity contribution >= 4 is 34.5 Å². The number of pyridine rings is 1. The normalized spacial score (nSPS) is 16.2. The highest BCUT2D eigenvalue weighted by Gasteiger charge is 2.28. The lowest BCUT2D eigenvalue weighted by Gasteiger charge is -2.18. The molecule has 2 aromatic rings. The molecule has 0 bridgehead atoms. The van der Waals surface area contributed by atoms with Gasteiger partial charge in [-0.15, -0.1) is 0 Å². The van der Waals surface area contributed by atoms with E-state index in [1.54, 1.807) is 31.3 Å². The topological polar surface area (TPSA) is 59.5 Å². The first-order valence-electron chi connectivity index (χ1n) is 7.44. The minimum atomic E-state index is -0.484. The number of hydrogen-bond donors (Lipinski definition) is 0. The molecule has 0 unspecified atom stereocenters. The molecule has 0 spiro atoms. The van der Waals surface area contributed by atoms with Crippen LogP contribution in [0.3, 0.4) is 0 Å². The fraction of sp³-hybridized carbons (Fsp3) is 0.235. The van der Waals surface area contributed by atoms with Crippen molar-refractivity contribution in [2.24, 2.45) is 0 Å². The molecule has 5 nitrogen and oxygen atoms in total. The zero-order valence-electron chi connectivity index (χ0n) is 13.0. The standard InChI is InChI=1S/C17H15FN2O3S/c1-2-23-16(22)8-15-20(14(21)10-24-15)9-11-5-6-13(18)12-4-3-7-19-17(11)12/h3-8H,2,9-10H2,1H3/b15-8+. The summed E-state index contributed by atoms with van der Waals surface area (Å²) < 4.78 is 18.8. The van der Waals surface area contributed by atoms with Gasteiger partial charge in [0.25, 0.3) is 0 Å². The van der Waals surface area contributed by atoms with Crippen LogP contribution in [-0.4, -0.2) is 34.1 Å². The van der Waals surface area contributed by atoms with Crippen molar-refractivity contribution in [1.82, 2.24) is 9.88 Å². The van der Waals surface area contributed by atoms with Crippen molar-refractivity contribution in [3.63, 3.8) is 0 Å². The van der Waals surface area contributed by atoms with Crippen molar-refractivity contribution in [2.75, 3.05) is 12.4 Å². The lowest BCUT2D eigenvalue weighted by atomic mass is 10.1. The number of rotatable bonds is 4. The molecule has 3 rings (SSSR count). The molecule has 124 valence electrons. The van der Waals surface area contributed by atoms with E-state index in [1.165, 1.54) is 28.8 Å². The Hall–Kier alpha value is -2.41. The minimum absolute atomic E-state index is 0.107. The number of nitrogens with zero attached hydrogens (tertiary/aromatic N) is 2. The summed E-state index contributed by atoms with van der Waals surface area (Å²) in [6.45, 7) is 2.22. The van der Waals surface area contributed by atoms with Crippen molar-refractivity contribution < 1.29 is 18.7 Å². The molecule has 1 saturated heterocycles. The molecule has 24 heavy (non-hydrogen) atoms. The van der Waals surface area contributed by atoms with Crippen LogP contribution in [0, 0.1) is 5.82 Å². The number of benzene rings is 1. The molecule has 1 aliphatic heterocycles. The summed E-state index contributed by atoms with van der Waals surface area (Å²) in [6.07, 6.45) is 2.90. The molecule has 2 heterocycles. The van der Waals surface area contributed by atoms with Gasteiger partial charge < -0.3 is 9.64 Å². The minimum Gasteiger partial charge on any atom is -0.463 e. The van der Waals surface area contributed by atoms with Crippen LogP contribution in [0.1, 0.15) is 12.5 Å². The Morgan fingerprint density at radius 1 is 1.46 bits per heavy atom. The summed E-state index contributed by atoms with van der Waals surface area (Å²) in [5.41, 5.74) is 1.23. The summed E-state index contributed by atoms with van der Waals surface area (Å²) in [4.78, 5) is 29.5. The summed E-state index contributed by atoms with van der Waals surface area (Å²) in [6, 6.07) is 6.29. The number of amides is 1. The average Bonchev–Trinajstić information content (AvgIpc) is 2.91. The Bertz CT molecular complexity index is 838. The first kappa shape index (κ1) is 16.4. The van der Waals surface area contributed by atoms with E-state index in [1.807, 2.05) is 0 Å². The third-order valence-corrected chi connectivity index (χ3v) is 4.59. The molecule has 1 fully saturated rings. The third kappa shape index (κ3) is 3.26. The van der Waals surface area contributed by atoms with Gasteiger partial charge in [0.05, 0.1) is 35.5 Å². The molecule has 0 saturated carbocycles. The molecule has 1 aromatic heterocycles. The van der Waals surface area contributed by atoms with Crippen LogP contribution in [0.4, 0.5) is 4.39 Å². The van der Waals surface area contributed by atoms with Gasteiger partial charge in [-0.25, -0.2) is 9.18 Å². The number of fused-ring (bicyclic) bond motifs is 1. The SMILES string of the molecule is CCOC(=O)/C=C1/SCC(=O)N1Cc1ccc(F)c2cccnc12. The summed E-state index contributed by atoms with van der Waals surface area (Å²) in [5.74, 6) is -0.686. The van der Waals surface area contributed by atoms with E-state index in [4.69, 9.17) is 4.74 Å². The molecule has 7 heteroatoms. The van der Waals surface area contributed by atoms with E-state index < -0.39 is 5.97 Å². The number of halogens is 1. The molecule has 1 aromatic carbocycles. The lowest BCUT2D eigenvalue weighted by Crippen LogP contribution is -2.24. The number of carbonyl (C=O) groups excluding carboxylic acids is 2. The van der Waals surface area contributed by atoms with Crippen LogP contribution in [-0.2, 0) is 20.9 Å². The van der Waals surface area contributed by atoms with E-state index in [0.29, 0.717) is 15.9 Å². The monoisotopic (exact) mass is 346 g/mol. The van der Waals surface area contributed by atoms with Gasteiger partial charge >= 0.3 is 5.97 Å². The average molecular weight is 346 g/mol. The molecule has 1 amide bonds. The maximum Gasteiger partial charge on any atom is 0.333 e. The van der Waals surface area contributed by atoms with Crippen LogP contribution < -0.4 is 0 Å². The first-order valence-corrected chi connectivity index (χ1v) is 8.42. The number of carbonyl (C=O) groups is 2. The van der Waals surface area contributed by atoms with Crippen molar-refractivity contribution in [1.29, 1.82) is 0 Å². The maximum atomic E-state index is 13.9. The zero-order valence-corrected chi connectivity index (χ0v) is 13.8. The molecule has 1 aliphatic rings. The second-order valence-electron chi connectivity index (χ2n) is 5.11. The summed E-state index contributed by atoms with van der Waals surface area (Å²) >= 11 is 1.28. The fourth-order valence-corrected chi connectivity index (χ4v) is 3.41. The lowest BCUT2D eigenvalue weighted by molar-refractivity contribution is -0.137. The number of esters is 1. The second kappa shape index (κ2) is 7.00. The van der Waals surface area contributed by atoms with Crippen LogP contribution in [0.2, 0.25) is 0 Å². The number of ether oxygens (including phenoxy) is 1. The van der Waals surface area contributed by atoms with Gasteiger partial charge in [-0.2, -0.15) is 0 Å². The molecule has 0 aliphatic carbocycles. The fourth-order valence-electron chi connectivity index (χ4n) is 2.48. The van der Waals surface area contributed by atoms with E-state index in [0.717, 1.165) is 5.56 Å². The van der Waals surface area contributed by atoms with E-state index in [-0.39, 0.29) is 30.6 Å². The third-order valence-electron chi connectivity index (χ3n) is 3.57. The first-order chi connectivity index (χ1) is 11.6. The highest BCUT2D eigenvalue weighted by molar-refractivity contribution is 8.04. The van der Waals surface area contributed by atoms with Gasteiger partial charge in [-0.05, 0) is 30.7 Å². The van der Waals surface area contributed by atoms with Crippen molar-refractivity contribution in [3.05, 3.63) is 52.9 Å². The molecular formula is C17H15FN2O3S. The largest absolute Gasteiger partial charge is 0.463 e. The van der Waals surface area contributed by atoms with Gasteiger partial charge in [0, 0.05) is 11.6 Å². The van der Waals surface area contributed by atoms with Gasteiger partial charge in [0.1, 0.15) is 5.82 Å². The zero-order chi connectivity index (χ0) is 17.1. The van der Waals surface area contributed by atoms with Crippen molar-refractivity contribution in [2.45, 2.75) is 13.5 Å². The maximum absolute atomic E-state index is 13.9. The van der Waals surface area contributed by atoms with E-state index >= 15 is 0 Å². The van der Waals surface area contributed by atoms with Gasteiger partial charge in [0.15, 0.2) is 0 Å². The molecule has 0 N–H and O–H groups in total.